The van der Waals surface area contributed by atoms with E-state index in [-0.39, 0.29) is 13.2 Å². The average Bonchev–Trinajstić information content (AvgIpc) is 2.53. The summed E-state index contributed by atoms with van der Waals surface area (Å²) < 4.78 is 10.9. The number of rotatable bonds is 11. The first-order chi connectivity index (χ1) is 10.7. The van der Waals surface area contributed by atoms with Crippen molar-refractivity contribution in [2.24, 2.45) is 0 Å². The summed E-state index contributed by atoms with van der Waals surface area (Å²) in [5, 5.41) is 28.7. The quantitative estimate of drug-likeness (QED) is 0.400. The Morgan fingerprint density at radius 2 is 1.77 bits per heavy atom. The fourth-order valence-corrected chi connectivity index (χ4v) is 2.55. The van der Waals surface area contributed by atoms with Crippen LogP contribution < -0.4 is 0 Å². The number of hydrogen-bond donors (Lipinski definition) is 3. The van der Waals surface area contributed by atoms with Gasteiger partial charge in [0.15, 0.2) is 0 Å². The molecule has 0 amide bonds. The largest absolute Gasteiger partial charge is 0.394 e. The number of unbranched alkanes of at least 4 members (excludes halogenated alkanes) is 5. The monoisotopic (exact) mass is 316 g/mol. The lowest BCUT2D eigenvalue weighted by atomic mass is 10.0. The van der Waals surface area contributed by atoms with E-state index in [4.69, 9.17) is 9.47 Å². The van der Waals surface area contributed by atoms with Crippen LogP contribution in [-0.2, 0) is 9.47 Å². The molecule has 1 saturated heterocycles. The van der Waals surface area contributed by atoms with Crippen LogP contribution in [0.25, 0.3) is 0 Å². The fourth-order valence-electron chi connectivity index (χ4n) is 2.55. The third-order valence-corrected chi connectivity index (χ3v) is 3.97. The van der Waals surface area contributed by atoms with E-state index in [0.29, 0.717) is 6.61 Å². The summed E-state index contributed by atoms with van der Waals surface area (Å²) in [5.74, 6) is 0. The molecule has 22 heavy (non-hydrogen) atoms. The molecule has 1 heterocycles. The van der Waals surface area contributed by atoms with Crippen LogP contribution in [0.2, 0.25) is 0 Å². The molecule has 0 aliphatic carbocycles. The van der Waals surface area contributed by atoms with Gasteiger partial charge in [0.1, 0.15) is 24.4 Å². The van der Waals surface area contributed by atoms with Crippen LogP contribution in [-0.4, -0.2) is 59.6 Å². The molecule has 0 spiro atoms. The van der Waals surface area contributed by atoms with Crippen molar-refractivity contribution in [1.82, 2.24) is 0 Å². The summed E-state index contributed by atoms with van der Waals surface area (Å²) in [6.07, 6.45) is 9.22. The summed E-state index contributed by atoms with van der Waals surface area (Å²) in [5.41, 5.74) is 0. The third-order valence-electron chi connectivity index (χ3n) is 3.97. The van der Waals surface area contributed by atoms with Crippen molar-refractivity contribution in [2.45, 2.75) is 76.3 Å². The van der Waals surface area contributed by atoms with Crippen molar-refractivity contribution in [3.05, 3.63) is 12.2 Å². The highest BCUT2D eigenvalue weighted by molar-refractivity contribution is 4.87. The van der Waals surface area contributed by atoms with Crippen molar-refractivity contribution >= 4 is 0 Å². The molecule has 4 atom stereocenters. The Labute approximate surface area is 133 Å². The Hall–Kier alpha value is -0.460. The highest BCUT2D eigenvalue weighted by Gasteiger charge is 2.39. The van der Waals surface area contributed by atoms with Crippen molar-refractivity contribution in [3.8, 4) is 0 Å². The summed E-state index contributed by atoms with van der Waals surface area (Å²) >= 11 is 0. The zero-order chi connectivity index (χ0) is 16.2. The molecule has 0 bridgehead atoms. The number of hydrogen-bond acceptors (Lipinski definition) is 5. The Balaban J connectivity index is 2.09. The molecule has 5 heteroatoms. The molecular formula is C17H32O5. The fraction of sp³-hybridized carbons (Fsp3) is 0.882. The number of aliphatic hydroxyl groups is 3. The van der Waals surface area contributed by atoms with E-state index < -0.39 is 24.4 Å². The molecule has 1 rings (SSSR count). The van der Waals surface area contributed by atoms with Crippen molar-refractivity contribution in [3.63, 3.8) is 0 Å². The zero-order valence-electron chi connectivity index (χ0n) is 13.7. The molecule has 0 aromatic rings. The highest BCUT2D eigenvalue weighted by atomic mass is 16.6. The Bertz CT molecular complexity index is 293. The first-order valence-corrected chi connectivity index (χ1v) is 8.55. The Kier molecular flexibility index (Phi) is 10.7. The first-order valence-electron chi connectivity index (χ1n) is 8.55. The van der Waals surface area contributed by atoms with Gasteiger partial charge in [0.2, 0.25) is 0 Å². The molecule has 1 aliphatic heterocycles. The predicted molar refractivity (Wildman–Crippen MR) is 85.7 cm³/mol. The molecule has 0 radical (unpaired) electrons. The van der Waals surface area contributed by atoms with E-state index in [0.717, 1.165) is 25.7 Å². The molecule has 3 N–H and O–H groups in total. The Morgan fingerprint density at radius 1 is 1.09 bits per heavy atom. The van der Waals surface area contributed by atoms with E-state index in [1.165, 1.54) is 19.3 Å². The summed E-state index contributed by atoms with van der Waals surface area (Å²) in [6.45, 7) is 2.53. The third kappa shape index (κ3) is 7.20. The van der Waals surface area contributed by atoms with Gasteiger partial charge in [-0.3, -0.25) is 0 Å². The summed E-state index contributed by atoms with van der Waals surface area (Å²) in [6, 6.07) is 0. The molecule has 0 aromatic heterocycles. The van der Waals surface area contributed by atoms with Gasteiger partial charge in [-0.2, -0.15) is 0 Å². The lowest BCUT2D eigenvalue weighted by molar-refractivity contribution is -0.211. The van der Waals surface area contributed by atoms with Crippen LogP contribution in [0.4, 0.5) is 0 Å². The number of aliphatic hydroxyl groups excluding tert-OH is 3. The maximum absolute atomic E-state index is 9.91. The van der Waals surface area contributed by atoms with Crippen LogP contribution in [0, 0.1) is 0 Å². The maximum atomic E-state index is 9.91. The summed E-state index contributed by atoms with van der Waals surface area (Å²) in [7, 11) is 0. The average molecular weight is 316 g/mol. The van der Waals surface area contributed by atoms with Crippen molar-refractivity contribution in [2.75, 3.05) is 19.8 Å². The second-order valence-electron chi connectivity index (χ2n) is 5.91. The van der Waals surface area contributed by atoms with Crippen LogP contribution in [0.1, 0.15) is 51.9 Å². The van der Waals surface area contributed by atoms with Crippen LogP contribution in [0.15, 0.2) is 12.2 Å². The van der Waals surface area contributed by atoms with Gasteiger partial charge in [-0.05, 0) is 32.1 Å². The lowest BCUT2D eigenvalue weighted by Crippen LogP contribution is -2.55. The standard InChI is InChI=1S/C17H32O5/c1-2-3-4-5-6-7-8-9-10-11-21-17-15(12-18)22-13-14(19)16(17)20/h6-7,14-20H,2-5,8-13H2,1H3/b7-6+/t14-,15+,16+,17+/m0/s1. The maximum Gasteiger partial charge on any atom is 0.114 e. The molecule has 5 nitrogen and oxygen atoms in total. The topological polar surface area (TPSA) is 79.2 Å². The van der Waals surface area contributed by atoms with E-state index in [1.807, 2.05) is 0 Å². The molecular weight excluding hydrogens is 284 g/mol. The van der Waals surface area contributed by atoms with Gasteiger partial charge >= 0.3 is 0 Å². The van der Waals surface area contributed by atoms with Gasteiger partial charge < -0.3 is 24.8 Å². The van der Waals surface area contributed by atoms with Gasteiger partial charge in [0.25, 0.3) is 0 Å². The second kappa shape index (κ2) is 12.0. The van der Waals surface area contributed by atoms with Crippen LogP contribution in [0.5, 0.6) is 0 Å². The Morgan fingerprint density at radius 3 is 2.41 bits per heavy atom. The normalized spacial score (nSPS) is 29.3. The van der Waals surface area contributed by atoms with Crippen molar-refractivity contribution < 1.29 is 24.8 Å². The highest BCUT2D eigenvalue weighted by Crippen LogP contribution is 2.19. The van der Waals surface area contributed by atoms with E-state index in [9.17, 15) is 15.3 Å². The van der Waals surface area contributed by atoms with Gasteiger partial charge in [-0.25, -0.2) is 0 Å². The second-order valence-corrected chi connectivity index (χ2v) is 5.91. The smallest absolute Gasteiger partial charge is 0.114 e. The SMILES string of the molecule is CCCCC/C=C/CCCCO[C@H]1[C@H](O)[C@@H](O)CO[C@@H]1CO. The molecule has 0 saturated carbocycles. The van der Waals surface area contributed by atoms with E-state index >= 15 is 0 Å². The van der Waals surface area contributed by atoms with Crippen LogP contribution in [0.3, 0.4) is 0 Å². The van der Waals surface area contributed by atoms with E-state index in [2.05, 4.69) is 19.1 Å². The van der Waals surface area contributed by atoms with E-state index in [1.54, 1.807) is 0 Å². The van der Waals surface area contributed by atoms with Gasteiger partial charge in [-0.15, -0.1) is 0 Å². The number of ether oxygens (including phenoxy) is 2. The number of allylic oxidation sites excluding steroid dienone is 2. The zero-order valence-corrected chi connectivity index (χ0v) is 13.7. The molecule has 130 valence electrons. The summed E-state index contributed by atoms with van der Waals surface area (Å²) in [4.78, 5) is 0. The minimum atomic E-state index is -0.996. The van der Waals surface area contributed by atoms with Crippen LogP contribution >= 0.6 is 0 Å². The van der Waals surface area contributed by atoms with Crippen molar-refractivity contribution in [1.29, 1.82) is 0 Å². The lowest BCUT2D eigenvalue weighted by Gasteiger charge is -2.37. The molecule has 1 fully saturated rings. The van der Waals surface area contributed by atoms with Gasteiger partial charge in [-0.1, -0.05) is 31.9 Å². The molecule has 1 aliphatic rings. The predicted octanol–water partition coefficient (Wildman–Crippen LogP) is 1.79. The minimum Gasteiger partial charge on any atom is -0.394 e. The molecule has 0 aromatic carbocycles. The minimum absolute atomic E-state index is 0.0368. The van der Waals surface area contributed by atoms with Gasteiger partial charge in [0, 0.05) is 6.61 Å². The molecule has 0 unspecified atom stereocenters. The first kappa shape index (κ1) is 19.6. The van der Waals surface area contributed by atoms with Gasteiger partial charge in [0.05, 0.1) is 13.2 Å².